The number of aryl methyl sites for hydroxylation is 1. The summed E-state index contributed by atoms with van der Waals surface area (Å²) in [5.41, 5.74) is -1.21. The van der Waals surface area contributed by atoms with Gasteiger partial charge in [0.25, 0.3) is 0 Å². The molecule has 0 aliphatic carbocycles. The van der Waals surface area contributed by atoms with Gasteiger partial charge in [-0.3, -0.25) is 9.59 Å². The zero-order chi connectivity index (χ0) is 19.8. The van der Waals surface area contributed by atoms with Crippen molar-refractivity contribution in [3.8, 4) is 11.4 Å². The number of alkyl halides is 3. The number of carboxylic acids is 1. The number of carboxylic acid groups (broad SMARTS) is 1. The Hall–Kier alpha value is -2.98. The summed E-state index contributed by atoms with van der Waals surface area (Å²) < 4.78 is 39.6. The molecule has 1 atom stereocenters. The van der Waals surface area contributed by atoms with E-state index >= 15 is 0 Å². The first kappa shape index (κ1) is 18.8. The zero-order valence-corrected chi connectivity index (χ0v) is 14.3. The fourth-order valence-electron chi connectivity index (χ4n) is 2.90. The van der Waals surface area contributed by atoms with Gasteiger partial charge < -0.3 is 10.0 Å². The summed E-state index contributed by atoms with van der Waals surface area (Å²) in [6, 6.07) is 7.27. The third-order valence-electron chi connectivity index (χ3n) is 4.61. The van der Waals surface area contributed by atoms with E-state index in [0.717, 1.165) is 15.3 Å². The summed E-state index contributed by atoms with van der Waals surface area (Å²) in [5.74, 6) is -2.40. The van der Waals surface area contributed by atoms with Gasteiger partial charge in [-0.15, -0.1) is 10.2 Å². The van der Waals surface area contributed by atoms with E-state index in [1.54, 1.807) is 12.1 Å². The normalized spacial score (nSPS) is 20.1. The minimum Gasteiger partial charge on any atom is -0.481 e. The van der Waals surface area contributed by atoms with Crippen LogP contribution in [0.3, 0.4) is 0 Å². The molecule has 1 aliphatic rings. The second kappa shape index (κ2) is 6.63. The van der Waals surface area contributed by atoms with Crippen LogP contribution in [0.15, 0.2) is 24.3 Å². The van der Waals surface area contributed by atoms with Gasteiger partial charge in [-0.05, 0) is 18.6 Å². The number of nitrogens with zero attached hydrogens (tertiary/aromatic N) is 5. The van der Waals surface area contributed by atoms with Crippen molar-refractivity contribution in [2.45, 2.75) is 26.1 Å². The molecule has 1 N–H and O–H groups in total. The molecule has 1 fully saturated rings. The van der Waals surface area contributed by atoms with Crippen molar-refractivity contribution in [1.29, 1.82) is 0 Å². The maximum Gasteiger partial charge on any atom is 0.406 e. The lowest BCUT2D eigenvalue weighted by Crippen LogP contribution is -2.48. The maximum absolute atomic E-state index is 13.2. The number of aliphatic carboxylic acids is 1. The van der Waals surface area contributed by atoms with Crippen molar-refractivity contribution >= 4 is 11.9 Å². The summed E-state index contributed by atoms with van der Waals surface area (Å²) in [6.07, 6.45) is -5.63. The van der Waals surface area contributed by atoms with Crippen LogP contribution in [0, 0.1) is 12.3 Å². The summed E-state index contributed by atoms with van der Waals surface area (Å²) in [7, 11) is 0. The van der Waals surface area contributed by atoms with E-state index in [1.165, 1.54) is 0 Å². The van der Waals surface area contributed by atoms with Gasteiger partial charge in [-0.25, -0.2) is 0 Å². The number of carbonyl (C=O) groups excluding carboxylic acids is 1. The van der Waals surface area contributed by atoms with E-state index in [0.29, 0.717) is 5.56 Å². The van der Waals surface area contributed by atoms with Gasteiger partial charge in [0.15, 0.2) is 5.41 Å². The third-order valence-corrected chi connectivity index (χ3v) is 4.61. The van der Waals surface area contributed by atoms with Crippen molar-refractivity contribution in [2.24, 2.45) is 5.41 Å². The molecule has 3 rings (SSSR count). The predicted molar refractivity (Wildman–Crippen MR) is 85.3 cm³/mol. The van der Waals surface area contributed by atoms with Crippen molar-refractivity contribution in [1.82, 2.24) is 25.1 Å². The lowest BCUT2D eigenvalue weighted by Gasteiger charge is -2.27. The van der Waals surface area contributed by atoms with Crippen LogP contribution in [-0.4, -0.2) is 61.4 Å². The smallest absolute Gasteiger partial charge is 0.406 e. The van der Waals surface area contributed by atoms with E-state index in [9.17, 15) is 22.8 Å². The largest absolute Gasteiger partial charge is 0.481 e. The van der Waals surface area contributed by atoms with Crippen LogP contribution in [0.2, 0.25) is 0 Å². The second-order valence-corrected chi connectivity index (χ2v) is 6.46. The zero-order valence-electron chi connectivity index (χ0n) is 14.3. The number of tetrazole rings is 1. The first-order valence-electron chi connectivity index (χ1n) is 8.05. The molecule has 1 unspecified atom stereocenters. The van der Waals surface area contributed by atoms with Gasteiger partial charge >= 0.3 is 12.1 Å². The fourth-order valence-corrected chi connectivity index (χ4v) is 2.90. The highest BCUT2D eigenvalue weighted by Gasteiger charge is 2.64. The van der Waals surface area contributed by atoms with Gasteiger partial charge in [-0.1, -0.05) is 29.8 Å². The minimum absolute atomic E-state index is 0.277. The summed E-state index contributed by atoms with van der Waals surface area (Å²) in [4.78, 5) is 25.3. The number of benzene rings is 1. The van der Waals surface area contributed by atoms with Gasteiger partial charge in [0, 0.05) is 18.7 Å². The number of rotatable bonds is 4. The van der Waals surface area contributed by atoms with E-state index in [1.807, 2.05) is 19.1 Å². The number of likely N-dealkylation sites (tertiary alicyclic amines) is 1. The molecular weight excluding hydrogens is 367 g/mol. The molecule has 11 heteroatoms. The first-order chi connectivity index (χ1) is 12.6. The Morgan fingerprint density at radius 3 is 2.48 bits per heavy atom. The van der Waals surface area contributed by atoms with Crippen LogP contribution in [0.25, 0.3) is 11.4 Å². The summed E-state index contributed by atoms with van der Waals surface area (Å²) >= 11 is 0. The molecule has 0 bridgehead atoms. The van der Waals surface area contributed by atoms with Crippen molar-refractivity contribution in [3.63, 3.8) is 0 Å². The Morgan fingerprint density at radius 2 is 1.93 bits per heavy atom. The van der Waals surface area contributed by atoms with Crippen LogP contribution in [0.1, 0.15) is 12.0 Å². The second-order valence-electron chi connectivity index (χ2n) is 6.46. The molecule has 0 radical (unpaired) electrons. The number of carbonyl (C=O) groups is 2. The molecule has 1 aliphatic heterocycles. The molecular formula is C16H16F3N5O3. The molecule has 2 heterocycles. The third kappa shape index (κ3) is 3.49. The standard InChI is InChI=1S/C16H16F3N5O3/c1-10-2-4-11(5-3-10)13-20-22-24(21-13)8-12(25)23-7-6-15(9-23,14(26)27)16(17,18)19/h2-5H,6-9H2,1H3,(H,26,27). The molecule has 1 aromatic heterocycles. The summed E-state index contributed by atoms with van der Waals surface area (Å²) in [5, 5.41) is 20.7. The number of hydrogen-bond donors (Lipinski definition) is 1. The molecule has 0 saturated carbocycles. The topological polar surface area (TPSA) is 101 Å². The van der Waals surface area contributed by atoms with E-state index in [-0.39, 0.29) is 12.4 Å². The SMILES string of the molecule is Cc1ccc(-c2nnn(CC(=O)N3CCC(C(=O)O)(C(F)(F)F)C3)n2)cc1. The number of amides is 1. The highest BCUT2D eigenvalue weighted by Crippen LogP contribution is 2.45. The maximum atomic E-state index is 13.2. The highest BCUT2D eigenvalue weighted by atomic mass is 19.4. The van der Waals surface area contributed by atoms with E-state index in [2.05, 4.69) is 15.4 Å². The molecule has 27 heavy (non-hydrogen) atoms. The monoisotopic (exact) mass is 383 g/mol. The van der Waals surface area contributed by atoms with Crippen molar-refractivity contribution in [3.05, 3.63) is 29.8 Å². The minimum atomic E-state index is -4.95. The Balaban J connectivity index is 1.70. The quantitative estimate of drug-likeness (QED) is 0.859. The number of aromatic nitrogens is 4. The van der Waals surface area contributed by atoms with Crippen molar-refractivity contribution < 1.29 is 27.9 Å². The van der Waals surface area contributed by atoms with Gasteiger partial charge in [0.2, 0.25) is 11.7 Å². The fraction of sp³-hybridized carbons (Fsp3) is 0.438. The molecule has 0 spiro atoms. The molecule has 1 saturated heterocycles. The Kier molecular flexibility index (Phi) is 4.62. The number of halogens is 3. The predicted octanol–water partition coefficient (Wildman–Crippen LogP) is 1.51. The molecule has 2 aromatic rings. The van der Waals surface area contributed by atoms with Gasteiger partial charge in [-0.2, -0.15) is 18.0 Å². The Morgan fingerprint density at radius 1 is 1.26 bits per heavy atom. The van der Waals surface area contributed by atoms with Gasteiger partial charge in [0.1, 0.15) is 6.54 Å². The van der Waals surface area contributed by atoms with Crippen LogP contribution in [0.5, 0.6) is 0 Å². The lowest BCUT2D eigenvalue weighted by molar-refractivity contribution is -0.227. The average molecular weight is 383 g/mol. The Bertz CT molecular complexity index is 865. The first-order valence-corrected chi connectivity index (χ1v) is 8.05. The highest BCUT2D eigenvalue weighted by molar-refractivity contribution is 5.81. The number of hydrogen-bond acceptors (Lipinski definition) is 5. The van der Waals surface area contributed by atoms with Crippen LogP contribution >= 0.6 is 0 Å². The lowest BCUT2D eigenvalue weighted by atomic mass is 9.86. The molecule has 1 amide bonds. The summed E-state index contributed by atoms with van der Waals surface area (Å²) in [6.45, 7) is 0.266. The Labute approximate surface area is 151 Å². The van der Waals surface area contributed by atoms with Crippen LogP contribution < -0.4 is 0 Å². The average Bonchev–Trinajstić information content (AvgIpc) is 3.22. The van der Waals surface area contributed by atoms with Gasteiger partial charge in [0.05, 0.1) is 0 Å². The van der Waals surface area contributed by atoms with Crippen LogP contribution in [-0.2, 0) is 16.1 Å². The van der Waals surface area contributed by atoms with Crippen molar-refractivity contribution in [2.75, 3.05) is 13.1 Å². The molecule has 144 valence electrons. The molecule has 1 aromatic carbocycles. The van der Waals surface area contributed by atoms with E-state index < -0.39 is 43.0 Å². The molecule has 8 nitrogen and oxygen atoms in total. The van der Waals surface area contributed by atoms with E-state index in [4.69, 9.17) is 5.11 Å². The van der Waals surface area contributed by atoms with Crippen LogP contribution in [0.4, 0.5) is 13.2 Å².